The summed E-state index contributed by atoms with van der Waals surface area (Å²) in [5.41, 5.74) is -1.45. The van der Waals surface area contributed by atoms with Crippen LogP contribution in [-0.2, 0) is 8.85 Å². The van der Waals surface area contributed by atoms with Gasteiger partial charge in [0.05, 0.1) is 0 Å². The van der Waals surface area contributed by atoms with E-state index in [0.29, 0.717) is 0 Å². The summed E-state index contributed by atoms with van der Waals surface area (Å²) < 4.78 is 76.3. The predicted molar refractivity (Wildman–Crippen MR) is 83.9 cm³/mol. The fraction of sp³-hybridized carbons (Fsp3) is 0.500. The fourth-order valence-electron chi connectivity index (χ4n) is 2.02. The van der Waals surface area contributed by atoms with Crippen LogP contribution in [0.1, 0.15) is 20.3 Å². The molecule has 0 aromatic heterocycles. The summed E-state index contributed by atoms with van der Waals surface area (Å²) >= 11 is 0. The highest BCUT2D eigenvalue weighted by Gasteiger charge is 2.35. The van der Waals surface area contributed by atoms with Gasteiger partial charge < -0.3 is 24.3 Å². The van der Waals surface area contributed by atoms with Crippen molar-refractivity contribution in [2.24, 2.45) is 0 Å². The van der Waals surface area contributed by atoms with Crippen LogP contribution in [0.25, 0.3) is 0 Å². The van der Waals surface area contributed by atoms with Crippen LogP contribution in [-0.4, -0.2) is 39.4 Å². The molecule has 0 fully saturated rings. The molecule has 26 heavy (non-hydrogen) atoms. The van der Waals surface area contributed by atoms with Crippen molar-refractivity contribution in [2.45, 2.75) is 26.3 Å². The van der Waals surface area contributed by atoms with E-state index >= 15 is 0 Å². The molecule has 148 valence electrons. The Morgan fingerprint density at radius 3 is 1.88 bits per heavy atom. The lowest BCUT2D eigenvalue weighted by molar-refractivity contribution is 0.108. The van der Waals surface area contributed by atoms with E-state index in [0.717, 1.165) is 0 Å². The van der Waals surface area contributed by atoms with Crippen molar-refractivity contribution in [2.75, 3.05) is 25.1 Å². The summed E-state index contributed by atoms with van der Waals surface area (Å²) in [6, 6.07) is -1.07. The third-order valence-electron chi connectivity index (χ3n) is 3.14. The number of amides is 2. The van der Waals surface area contributed by atoms with Crippen LogP contribution >= 0.6 is 0 Å². The quantitative estimate of drug-likeness (QED) is 0.195. The van der Waals surface area contributed by atoms with E-state index in [4.69, 9.17) is 8.85 Å². The maximum Gasteiger partial charge on any atom is 0.498 e. The predicted octanol–water partition coefficient (Wildman–Crippen LogP) is 2.90. The van der Waals surface area contributed by atoms with Crippen molar-refractivity contribution in [3.8, 4) is 0 Å². The summed E-state index contributed by atoms with van der Waals surface area (Å²) in [4.78, 5) is 21.7. The first kappa shape index (κ1) is 22.3. The average Bonchev–Trinajstić information content (AvgIpc) is 2.59. The molecule has 1 aromatic rings. The molecule has 1 aromatic carbocycles. The van der Waals surface area contributed by atoms with E-state index in [-0.39, 0.29) is 32.2 Å². The monoisotopic (exact) mass is 402 g/mol. The molecule has 0 spiro atoms. The lowest BCUT2D eigenvalue weighted by Gasteiger charge is -2.22. The molecule has 12 heteroatoms. The second kappa shape index (κ2) is 9.80. The van der Waals surface area contributed by atoms with Gasteiger partial charge in [-0.1, -0.05) is 0 Å². The Labute approximate surface area is 147 Å². The number of halogens is 5. The number of carbonyl (C=O) groups is 1. The highest BCUT2D eigenvalue weighted by atomic mass is 28.4. The smallest absolute Gasteiger partial charge is 0.390 e. The van der Waals surface area contributed by atoms with E-state index in [9.17, 15) is 31.5 Å². The summed E-state index contributed by atoms with van der Waals surface area (Å²) in [6.45, 7) is 3.75. The molecule has 6 nitrogen and oxygen atoms in total. The van der Waals surface area contributed by atoms with Gasteiger partial charge in [-0.15, -0.1) is 0 Å². The normalized spacial score (nSPS) is 11.5. The van der Waals surface area contributed by atoms with Crippen LogP contribution < -0.4 is 10.6 Å². The molecule has 2 amide bonds. The fourth-order valence-corrected chi connectivity index (χ4v) is 3.92. The molecule has 0 saturated heterocycles. The van der Waals surface area contributed by atoms with E-state index in [2.05, 4.69) is 5.32 Å². The van der Waals surface area contributed by atoms with Crippen molar-refractivity contribution in [3.63, 3.8) is 0 Å². The number of urea groups is 1. The van der Waals surface area contributed by atoms with Gasteiger partial charge >= 0.3 is 14.8 Å². The maximum absolute atomic E-state index is 13.5. The Balaban J connectivity index is 2.61. The standard InChI is InChI=1S/C14H19F5N2O4Si/c1-3-24-26(23,25-4-2)7-5-6-20-14(22)21-13-11(18)9(16)8(15)10(17)12(13)19/h23H,3-7H2,1-2H3,(H2,20,21,22). The third-order valence-corrected chi connectivity index (χ3v) is 5.61. The van der Waals surface area contributed by atoms with Crippen LogP contribution in [0.2, 0.25) is 6.04 Å². The molecule has 3 N–H and O–H groups in total. The van der Waals surface area contributed by atoms with Crippen molar-refractivity contribution in [3.05, 3.63) is 29.1 Å². The van der Waals surface area contributed by atoms with Gasteiger partial charge in [-0.2, -0.15) is 0 Å². The molecule has 0 aliphatic carbocycles. The number of nitrogens with one attached hydrogen (secondary N) is 2. The first-order valence-corrected chi connectivity index (χ1v) is 9.70. The molecule has 0 saturated carbocycles. The van der Waals surface area contributed by atoms with Crippen LogP contribution in [0.3, 0.4) is 0 Å². The number of hydrogen-bond donors (Lipinski definition) is 3. The Hall–Kier alpha value is -1.76. The summed E-state index contributed by atoms with van der Waals surface area (Å²) in [5, 5.41) is 3.75. The highest BCUT2D eigenvalue weighted by Crippen LogP contribution is 2.26. The van der Waals surface area contributed by atoms with Gasteiger partial charge in [0, 0.05) is 25.8 Å². The Morgan fingerprint density at radius 2 is 1.42 bits per heavy atom. The van der Waals surface area contributed by atoms with Crippen molar-refractivity contribution >= 4 is 20.5 Å². The zero-order chi connectivity index (χ0) is 19.9. The van der Waals surface area contributed by atoms with Crippen LogP contribution in [0.5, 0.6) is 0 Å². The van der Waals surface area contributed by atoms with E-state index in [1.807, 2.05) is 0 Å². The molecule has 0 atom stereocenters. The van der Waals surface area contributed by atoms with Crippen molar-refractivity contribution < 1.29 is 40.4 Å². The van der Waals surface area contributed by atoms with E-state index in [1.54, 1.807) is 19.2 Å². The third kappa shape index (κ3) is 5.62. The zero-order valence-corrected chi connectivity index (χ0v) is 15.1. The Kier molecular flexibility index (Phi) is 8.40. The molecular weight excluding hydrogens is 383 g/mol. The second-order valence-electron chi connectivity index (χ2n) is 5.01. The van der Waals surface area contributed by atoms with Crippen molar-refractivity contribution in [1.82, 2.24) is 5.32 Å². The first-order chi connectivity index (χ1) is 12.2. The van der Waals surface area contributed by atoms with E-state index < -0.39 is 49.6 Å². The molecule has 0 aliphatic rings. The Morgan fingerprint density at radius 1 is 0.962 bits per heavy atom. The molecule has 0 heterocycles. The molecule has 0 bridgehead atoms. The van der Waals surface area contributed by atoms with Crippen molar-refractivity contribution in [1.29, 1.82) is 0 Å². The highest BCUT2D eigenvalue weighted by molar-refractivity contribution is 6.59. The van der Waals surface area contributed by atoms with Gasteiger partial charge in [-0.25, -0.2) is 26.7 Å². The van der Waals surface area contributed by atoms with Crippen LogP contribution in [0.4, 0.5) is 32.4 Å². The van der Waals surface area contributed by atoms with Gasteiger partial charge in [0.15, 0.2) is 23.3 Å². The number of carbonyl (C=O) groups excluding carboxylic acids is 1. The van der Waals surface area contributed by atoms with Gasteiger partial charge in [0.25, 0.3) is 0 Å². The minimum absolute atomic E-state index is 0.0588. The van der Waals surface area contributed by atoms with Crippen LogP contribution in [0.15, 0.2) is 0 Å². The molecule has 0 unspecified atom stereocenters. The molecule has 0 aliphatic heterocycles. The summed E-state index contributed by atoms with van der Waals surface area (Å²) in [5.74, 6) is -10.9. The minimum atomic E-state index is -3.37. The Bertz CT molecular complexity index is 615. The number of anilines is 1. The lowest BCUT2D eigenvalue weighted by Crippen LogP contribution is -2.43. The SMILES string of the molecule is CCO[Si](O)(CCCNC(=O)Nc1c(F)c(F)c(F)c(F)c1F)OCC. The van der Waals surface area contributed by atoms with Crippen LogP contribution in [0, 0.1) is 29.1 Å². The largest absolute Gasteiger partial charge is 0.498 e. The second-order valence-corrected chi connectivity index (χ2v) is 7.51. The number of rotatable bonds is 9. The van der Waals surface area contributed by atoms with Gasteiger partial charge in [0.1, 0.15) is 5.69 Å². The number of benzene rings is 1. The minimum Gasteiger partial charge on any atom is -0.390 e. The average molecular weight is 402 g/mol. The zero-order valence-electron chi connectivity index (χ0n) is 14.1. The van der Waals surface area contributed by atoms with Gasteiger partial charge in [0.2, 0.25) is 5.82 Å². The molecular formula is C14H19F5N2O4Si. The molecule has 0 radical (unpaired) electrons. The summed E-state index contributed by atoms with van der Waals surface area (Å²) in [6.07, 6.45) is 0.202. The molecule has 1 rings (SSSR count). The maximum atomic E-state index is 13.5. The summed E-state index contributed by atoms with van der Waals surface area (Å²) in [7, 11) is -3.37. The van der Waals surface area contributed by atoms with Gasteiger partial charge in [-0.05, 0) is 20.3 Å². The lowest BCUT2D eigenvalue weighted by atomic mass is 10.2. The topological polar surface area (TPSA) is 79.8 Å². The first-order valence-electron chi connectivity index (χ1n) is 7.73. The number of hydrogen-bond acceptors (Lipinski definition) is 4. The van der Waals surface area contributed by atoms with E-state index in [1.165, 1.54) is 0 Å². The van der Waals surface area contributed by atoms with Gasteiger partial charge in [-0.3, -0.25) is 0 Å².